The number of ether oxygens (including phenoxy) is 1. The molecule has 0 aliphatic rings. The molecule has 1 unspecified atom stereocenters. The van der Waals surface area contributed by atoms with E-state index in [1.807, 2.05) is 6.92 Å². The van der Waals surface area contributed by atoms with Crippen molar-refractivity contribution in [2.45, 2.75) is 47.1 Å². The van der Waals surface area contributed by atoms with Crippen molar-refractivity contribution in [2.24, 2.45) is 16.8 Å². The van der Waals surface area contributed by atoms with Crippen molar-refractivity contribution in [3.05, 3.63) is 0 Å². The first-order chi connectivity index (χ1) is 8.51. The Morgan fingerprint density at radius 1 is 1.17 bits per heavy atom. The Balaban J connectivity index is 3.91. The molecule has 0 amide bonds. The van der Waals surface area contributed by atoms with Gasteiger partial charge >= 0.3 is 0 Å². The molecule has 0 aromatic carbocycles. The summed E-state index contributed by atoms with van der Waals surface area (Å²) in [4.78, 5) is 4.20. The minimum absolute atomic E-state index is 0.325. The van der Waals surface area contributed by atoms with Gasteiger partial charge in [0.05, 0.1) is 6.10 Å². The van der Waals surface area contributed by atoms with Gasteiger partial charge in [-0.05, 0) is 25.2 Å². The molecule has 0 aliphatic heterocycles. The molecule has 2 N–H and O–H groups in total. The number of hydrogen-bond acceptors (Lipinski definition) is 2. The van der Waals surface area contributed by atoms with Gasteiger partial charge in [-0.25, -0.2) is 0 Å². The fraction of sp³-hybridized carbons (Fsp3) is 0.929. The molecule has 108 valence electrons. The van der Waals surface area contributed by atoms with E-state index in [4.69, 9.17) is 4.74 Å². The van der Waals surface area contributed by atoms with Gasteiger partial charge in [-0.1, -0.05) is 27.7 Å². The zero-order valence-corrected chi connectivity index (χ0v) is 12.9. The second-order valence-corrected chi connectivity index (χ2v) is 5.30. The third-order valence-electron chi connectivity index (χ3n) is 2.75. The first kappa shape index (κ1) is 17.2. The van der Waals surface area contributed by atoms with E-state index in [1.54, 1.807) is 7.05 Å². The normalized spacial score (nSPS) is 14.1. The van der Waals surface area contributed by atoms with E-state index in [1.165, 1.54) is 0 Å². The van der Waals surface area contributed by atoms with Crippen LogP contribution < -0.4 is 10.6 Å². The summed E-state index contributed by atoms with van der Waals surface area (Å²) in [6.45, 7) is 13.4. The highest BCUT2D eigenvalue weighted by molar-refractivity contribution is 5.79. The average molecular weight is 257 g/mol. The van der Waals surface area contributed by atoms with Gasteiger partial charge in [-0.2, -0.15) is 0 Å². The van der Waals surface area contributed by atoms with Crippen LogP contribution in [0.15, 0.2) is 4.99 Å². The van der Waals surface area contributed by atoms with Crippen molar-refractivity contribution in [1.29, 1.82) is 0 Å². The van der Waals surface area contributed by atoms with Crippen molar-refractivity contribution in [3.8, 4) is 0 Å². The molecule has 0 aromatic heterocycles. The van der Waals surface area contributed by atoms with Crippen LogP contribution in [0.2, 0.25) is 0 Å². The van der Waals surface area contributed by atoms with Crippen molar-refractivity contribution in [3.63, 3.8) is 0 Å². The van der Waals surface area contributed by atoms with Crippen LogP contribution in [0.3, 0.4) is 0 Å². The highest BCUT2D eigenvalue weighted by Crippen LogP contribution is 2.09. The number of nitrogens with one attached hydrogen (secondary N) is 2. The third-order valence-corrected chi connectivity index (χ3v) is 2.75. The Morgan fingerprint density at radius 3 is 2.28 bits per heavy atom. The van der Waals surface area contributed by atoms with E-state index in [0.29, 0.717) is 17.9 Å². The minimum atomic E-state index is 0.325. The molecule has 0 rings (SSSR count). The van der Waals surface area contributed by atoms with Gasteiger partial charge in [0.15, 0.2) is 5.96 Å². The predicted octanol–water partition coefficient (Wildman–Crippen LogP) is 2.26. The number of aliphatic imine (C=N–C) groups is 1. The maximum Gasteiger partial charge on any atom is 0.190 e. The molecule has 18 heavy (non-hydrogen) atoms. The summed E-state index contributed by atoms with van der Waals surface area (Å²) in [5, 5.41) is 6.63. The summed E-state index contributed by atoms with van der Waals surface area (Å²) in [6.07, 6.45) is 1.33. The lowest BCUT2D eigenvalue weighted by molar-refractivity contribution is 0.0258. The van der Waals surface area contributed by atoms with Crippen LogP contribution >= 0.6 is 0 Å². The Labute approximate surface area is 113 Å². The number of nitrogens with zero attached hydrogens (tertiary/aromatic N) is 1. The van der Waals surface area contributed by atoms with Gasteiger partial charge in [0.25, 0.3) is 0 Å². The Morgan fingerprint density at radius 2 is 1.83 bits per heavy atom. The monoisotopic (exact) mass is 257 g/mol. The van der Waals surface area contributed by atoms with Crippen LogP contribution in [0, 0.1) is 11.8 Å². The van der Waals surface area contributed by atoms with Crippen LogP contribution in [-0.2, 0) is 4.74 Å². The molecule has 0 spiro atoms. The summed E-state index contributed by atoms with van der Waals surface area (Å²) in [5.41, 5.74) is 0. The maximum atomic E-state index is 5.72. The van der Waals surface area contributed by atoms with Gasteiger partial charge in [0.1, 0.15) is 0 Å². The number of hydrogen-bond donors (Lipinski definition) is 2. The standard InChI is InChI=1S/C14H31N3O/c1-7-18-13(12(4)5)8-9-16-14(15-6)17-10-11(2)3/h11-13H,7-10H2,1-6H3,(H2,15,16,17). The molecule has 1 atom stereocenters. The molecule has 0 saturated heterocycles. The third kappa shape index (κ3) is 8.34. The Kier molecular flexibility index (Phi) is 9.74. The molecule has 0 saturated carbocycles. The summed E-state index contributed by atoms with van der Waals surface area (Å²) in [5.74, 6) is 2.05. The van der Waals surface area contributed by atoms with Gasteiger partial charge < -0.3 is 15.4 Å². The van der Waals surface area contributed by atoms with Gasteiger partial charge in [0, 0.05) is 26.7 Å². The molecular formula is C14H31N3O. The summed E-state index contributed by atoms with van der Waals surface area (Å²) in [7, 11) is 1.80. The van der Waals surface area contributed by atoms with E-state index in [9.17, 15) is 0 Å². The van der Waals surface area contributed by atoms with E-state index in [2.05, 4.69) is 43.3 Å². The summed E-state index contributed by atoms with van der Waals surface area (Å²) in [6, 6.07) is 0. The number of rotatable bonds is 8. The fourth-order valence-corrected chi connectivity index (χ4v) is 1.68. The highest BCUT2D eigenvalue weighted by atomic mass is 16.5. The van der Waals surface area contributed by atoms with E-state index in [-0.39, 0.29) is 0 Å². The van der Waals surface area contributed by atoms with E-state index >= 15 is 0 Å². The maximum absolute atomic E-state index is 5.72. The lowest BCUT2D eigenvalue weighted by Gasteiger charge is -2.21. The van der Waals surface area contributed by atoms with Crippen molar-refractivity contribution >= 4 is 5.96 Å². The van der Waals surface area contributed by atoms with Crippen molar-refractivity contribution in [2.75, 3.05) is 26.7 Å². The largest absolute Gasteiger partial charge is 0.378 e. The van der Waals surface area contributed by atoms with Crippen LogP contribution in [0.25, 0.3) is 0 Å². The lowest BCUT2D eigenvalue weighted by Crippen LogP contribution is -2.40. The van der Waals surface area contributed by atoms with Crippen LogP contribution in [0.1, 0.15) is 41.0 Å². The molecular weight excluding hydrogens is 226 g/mol. The average Bonchev–Trinajstić information content (AvgIpc) is 2.31. The van der Waals surface area contributed by atoms with Crippen molar-refractivity contribution in [1.82, 2.24) is 10.6 Å². The first-order valence-corrected chi connectivity index (χ1v) is 7.07. The lowest BCUT2D eigenvalue weighted by atomic mass is 10.0. The molecule has 0 heterocycles. The Hall–Kier alpha value is -0.770. The second kappa shape index (κ2) is 10.2. The summed E-state index contributed by atoms with van der Waals surface area (Å²) >= 11 is 0. The second-order valence-electron chi connectivity index (χ2n) is 5.30. The Bertz CT molecular complexity index is 227. The fourth-order valence-electron chi connectivity index (χ4n) is 1.68. The number of guanidine groups is 1. The topological polar surface area (TPSA) is 45.6 Å². The molecule has 4 heteroatoms. The zero-order valence-electron chi connectivity index (χ0n) is 12.9. The highest BCUT2D eigenvalue weighted by Gasteiger charge is 2.12. The van der Waals surface area contributed by atoms with Crippen LogP contribution in [-0.4, -0.2) is 38.8 Å². The summed E-state index contributed by atoms with van der Waals surface area (Å²) < 4.78 is 5.72. The molecule has 0 bridgehead atoms. The SMILES string of the molecule is CCOC(CCNC(=NC)NCC(C)C)C(C)C. The molecule has 0 aromatic rings. The van der Waals surface area contributed by atoms with Gasteiger partial charge in [-0.15, -0.1) is 0 Å². The molecule has 0 radical (unpaired) electrons. The smallest absolute Gasteiger partial charge is 0.190 e. The van der Waals surface area contributed by atoms with Gasteiger partial charge in [0.2, 0.25) is 0 Å². The van der Waals surface area contributed by atoms with E-state index < -0.39 is 0 Å². The molecule has 4 nitrogen and oxygen atoms in total. The van der Waals surface area contributed by atoms with Crippen molar-refractivity contribution < 1.29 is 4.74 Å². The van der Waals surface area contributed by atoms with Gasteiger partial charge in [-0.3, -0.25) is 4.99 Å². The molecule has 0 aliphatic carbocycles. The quantitative estimate of drug-likeness (QED) is 0.518. The molecule has 0 fully saturated rings. The van der Waals surface area contributed by atoms with E-state index in [0.717, 1.165) is 32.1 Å². The van der Waals surface area contributed by atoms with Crippen LogP contribution in [0.5, 0.6) is 0 Å². The predicted molar refractivity (Wildman–Crippen MR) is 79.1 cm³/mol. The minimum Gasteiger partial charge on any atom is -0.378 e. The first-order valence-electron chi connectivity index (χ1n) is 7.07. The zero-order chi connectivity index (χ0) is 14.0. The van der Waals surface area contributed by atoms with Crippen LogP contribution in [0.4, 0.5) is 0 Å².